The van der Waals surface area contributed by atoms with E-state index in [-0.39, 0.29) is 6.09 Å². The highest BCUT2D eigenvalue weighted by Gasteiger charge is 2.39. The summed E-state index contributed by atoms with van der Waals surface area (Å²) >= 11 is 12.0. The molecule has 5 nitrogen and oxygen atoms in total. The maximum absolute atomic E-state index is 12.0. The number of hydrogen-bond acceptors (Lipinski definition) is 4. The second-order valence-electron chi connectivity index (χ2n) is 6.48. The summed E-state index contributed by atoms with van der Waals surface area (Å²) in [5, 5.41) is 11.5. The predicted molar refractivity (Wildman–Crippen MR) is 85.2 cm³/mol. The van der Waals surface area contributed by atoms with Crippen LogP contribution < -0.4 is 0 Å². The van der Waals surface area contributed by atoms with E-state index in [0.29, 0.717) is 41.7 Å². The Morgan fingerprint density at radius 3 is 2.45 bits per heavy atom. The van der Waals surface area contributed by atoms with E-state index in [2.05, 4.69) is 4.98 Å². The maximum atomic E-state index is 12.0. The Morgan fingerprint density at radius 2 is 1.95 bits per heavy atom. The molecule has 1 amide bonds. The maximum Gasteiger partial charge on any atom is 0.410 e. The molecular weight excluding hydrogens is 327 g/mol. The minimum Gasteiger partial charge on any atom is -0.444 e. The van der Waals surface area contributed by atoms with E-state index in [0.717, 1.165) is 0 Å². The molecule has 7 heteroatoms. The van der Waals surface area contributed by atoms with Crippen molar-refractivity contribution in [1.29, 1.82) is 0 Å². The number of piperidine rings is 1. The van der Waals surface area contributed by atoms with Crippen molar-refractivity contribution in [1.82, 2.24) is 9.88 Å². The Kier molecular flexibility index (Phi) is 4.90. The molecule has 1 saturated heterocycles. The van der Waals surface area contributed by atoms with Crippen LogP contribution in [0.15, 0.2) is 12.3 Å². The number of halogens is 2. The first-order valence-electron chi connectivity index (χ1n) is 7.12. The number of carbonyl (C=O) groups excluding carboxylic acids is 1. The minimum absolute atomic E-state index is 0.334. The monoisotopic (exact) mass is 346 g/mol. The van der Waals surface area contributed by atoms with Gasteiger partial charge in [-0.25, -0.2) is 4.79 Å². The Balaban J connectivity index is 2.06. The number of likely N-dealkylation sites (tertiary alicyclic amines) is 1. The number of rotatable bonds is 1. The van der Waals surface area contributed by atoms with Gasteiger partial charge in [0.2, 0.25) is 0 Å². The Labute approximate surface area is 140 Å². The third-order valence-electron chi connectivity index (χ3n) is 3.49. The standard InChI is InChI=1S/C15H20Cl2N2O3/c1-14(2,3)22-13(20)19-6-4-15(21,5-7-19)12-11(17)8-10(16)9-18-12/h8-9,21H,4-7H2,1-3H3. The van der Waals surface area contributed by atoms with Crippen LogP contribution in [0.4, 0.5) is 4.79 Å². The largest absolute Gasteiger partial charge is 0.444 e. The summed E-state index contributed by atoms with van der Waals surface area (Å²) in [5.74, 6) is 0. The van der Waals surface area contributed by atoms with Crippen molar-refractivity contribution in [3.63, 3.8) is 0 Å². The van der Waals surface area contributed by atoms with Gasteiger partial charge in [0, 0.05) is 19.3 Å². The normalized spacial score (nSPS) is 18.2. The molecule has 0 bridgehead atoms. The molecule has 2 rings (SSSR count). The van der Waals surface area contributed by atoms with Gasteiger partial charge in [0.15, 0.2) is 0 Å². The molecule has 1 aromatic heterocycles. The predicted octanol–water partition coefficient (Wildman–Crippen LogP) is 3.61. The molecule has 0 saturated carbocycles. The lowest BCUT2D eigenvalue weighted by Gasteiger charge is -2.38. The van der Waals surface area contributed by atoms with Crippen molar-refractivity contribution in [3.05, 3.63) is 28.0 Å². The highest BCUT2D eigenvalue weighted by Crippen LogP contribution is 2.36. The molecule has 0 aromatic carbocycles. The van der Waals surface area contributed by atoms with E-state index in [4.69, 9.17) is 27.9 Å². The number of hydrogen-bond donors (Lipinski definition) is 1. The van der Waals surface area contributed by atoms with Gasteiger partial charge in [0.1, 0.15) is 11.2 Å². The van der Waals surface area contributed by atoms with Crippen LogP contribution in [0.25, 0.3) is 0 Å². The zero-order chi connectivity index (χ0) is 16.5. The SMILES string of the molecule is CC(C)(C)OC(=O)N1CCC(O)(c2ncc(Cl)cc2Cl)CC1. The van der Waals surface area contributed by atoms with Gasteiger partial charge in [-0.15, -0.1) is 0 Å². The van der Waals surface area contributed by atoms with Gasteiger partial charge in [0.25, 0.3) is 0 Å². The average molecular weight is 347 g/mol. The van der Waals surface area contributed by atoms with Crippen LogP contribution in [0.2, 0.25) is 10.0 Å². The van der Waals surface area contributed by atoms with Gasteiger partial charge in [-0.05, 0) is 39.7 Å². The zero-order valence-corrected chi connectivity index (χ0v) is 14.4. The highest BCUT2D eigenvalue weighted by molar-refractivity contribution is 6.34. The van der Waals surface area contributed by atoms with Crippen molar-refractivity contribution in [2.75, 3.05) is 13.1 Å². The van der Waals surface area contributed by atoms with Crippen LogP contribution in [-0.2, 0) is 10.3 Å². The molecule has 1 fully saturated rings. The van der Waals surface area contributed by atoms with Crippen molar-refractivity contribution >= 4 is 29.3 Å². The smallest absolute Gasteiger partial charge is 0.410 e. The first-order valence-corrected chi connectivity index (χ1v) is 7.88. The fourth-order valence-corrected chi connectivity index (χ4v) is 2.94. The molecule has 22 heavy (non-hydrogen) atoms. The van der Waals surface area contributed by atoms with E-state index >= 15 is 0 Å². The summed E-state index contributed by atoms with van der Waals surface area (Å²) in [4.78, 5) is 17.8. The van der Waals surface area contributed by atoms with Crippen LogP contribution in [0, 0.1) is 0 Å². The Hall–Kier alpha value is -1.04. The first kappa shape index (κ1) is 17.3. The summed E-state index contributed by atoms with van der Waals surface area (Å²) in [6, 6.07) is 1.56. The third-order valence-corrected chi connectivity index (χ3v) is 3.99. The number of aliphatic hydroxyl groups is 1. The quantitative estimate of drug-likeness (QED) is 0.843. The number of amides is 1. The molecule has 1 aliphatic heterocycles. The van der Waals surface area contributed by atoms with Crippen LogP contribution in [0.1, 0.15) is 39.3 Å². The van der Waals surface area contributed by atoms with Gasteiger partial charge in [-0.3, -0.25) is 4.98 Å². The molecule has 0 atom stereocenters. The number of pyridine rings is 1. The molecule has 122 valence electrons. The summed E-state index contributed by atoms with van der Waals surface area (Å²) in [6.07, 6.45) is 1.78. The van der Waals surface area contributed by atoms with Gasteiger partial charge >= 0.3 is 6.09 Å². The topological polar surface area (TPSA) is 62.7 Å². The Morgan fingerprint density at radius 1 is 1.36 bits per heavy atom. The molecular formula is C15H20Cl2N2O3. The summed E-state index contributed by atoms with van der Waals surface area (Å²) in [7, 11) is 0. The number of aromatic nitrogens is 1. The Bertz CT molecular complexity index is 564. The van der Waals surface area contributed by atoms with Crippen molar-refractivity contribution in [2.45, 2.75) is 44.8 Å². The minimum atomic E-state index is -1.15. The molecule has 0 aliphatic carbocycles. The van der Waals surface area contributed by atoms with Crippen molar-refractivity contribution < 1.29 is 14.6 Å². The highest BCUT2D eigenvalue weighted by atomic mass is 35.5. The number of nitrogens with zero attached hydrogens (tertiary/aromatic N) is 2. The fraction of sp³-hybridized carbons (Fsp3) is 0.600. The lowest BCUT2D eigenvalue weighted by atomic mass is 9.88. The van der Waals surface area contributed by atoms with Gasteiger partial charge in [-0.1, -0.05) is 23.2 Å². The van der Waals surface area contributed by atoms with E-state index in [1.165, 1.54) is 6.20 Å². The second kappa shape index (κ2) is 6.22. The van der Waals surface area contributed by atoms with Gasteiger partial charge in [-0.2, -0.15) is 0 Å². The van der Waals surface area contributed by atoms with Crippen molar-refractivity contribution in [3.8, 4) is 0 Å². The average Bonchev–Trinajstić information content (AvgIpc) is 2.36. The number of carbonyl (C=O) groups is 1. The molecule has 0 unspecified atom stereocenters. The molecule has 0 spiro atoms. The van der Waals surface area contributed by atoms with E-state index in [9.17, 15) is 9.90 Å². The molecule has 1 aromatic rings. The molecule has 1 aliphatic rings. The van der Waals surface area contributed by atoms with Crippen LogP contribution in [0.5, 0.6) is 0 Å². The van der Waals surface area contributed by atoms with Crippen LogP contribution >= 0.6 is 23.2 Å². The van der Waals surface area contributed by atoms with E-state index in [1.54, 1.807) is 11.0 Å². The summed E-state index contributed by atoms with van der Waals surface area (Å²) in [6.45, 7) is 6.23. The van der Waals surface area contributed by atoms with E-state index < -0.39 is 11.2 Å². The van der Waals surface area contributed by atoms with Crippen LogP contribution in [-0.4, -0.2) is 39.8 Å². The molecule has 0 radical (unpaired) electrons. The molecule has 2 heterocycles. The summed E-state index contributed by atoms with van der Waals surface area (Å²) < 4.78 is 5.34. The van der Waals surface area contributed by atoms with Crippen LogP contribution in [0.3, 0.4) is 0 Å². The lowest BCUT2D eigenvalue weighted by molar-refractivity contribution is -0.0380. The van der Waals surface area contributed by atoms with Gasteiger partial charge in [0.05, 0.1) is 15.7 Å². The second-order valence-corrected chi connectivity index (χ2v) is 7.33. The third kappa shape index (κ3) is 4.03. The zero-order valence-electron chi connectivity index (χ0n) is 12.9. The first-order chi connectivity index (χ1) is 10.1. The number of ether oxygens (including phenoxy) is 1. The lowest BCUT2D eigenvalue weighted by Crippen LogP contribution is -2.47. The summed E-state index contributed by atoms with van der Waals surface area (Å²) in [5.41, 5.74) is -1.28. The van der Waals surface area contributed by atoms with Crippen molar-refractivity contribution in [2.24, 2.45) is 0 Å². The van der Waals surface area contributed by atoms with E-state index in [1.807, 2.05) is 20.8 Å². The van der Waals surface area contributed by atoms with Gasteiger partial charge < -0.3 is 14.7 Å². The molecule has 1 N–H and O–H groups in total. The fourth-order valence-electron chi connectivity index (χ4n) is 2.38.